The molecule has 288 valence electrons. The minimum atomic E-state index is -0.745. The van der Waals surface area contributed by atoms with E-state index >= 15 is 0 Å². The number of nitrogens with zero attached hydrogens (tertiary/aromatic N) is 12. The summed E-state index contributed by atoms with van der Waals surface area (Å²) in [6.07, 6.45) is 23.2. The van der Waals surface area contributed by atoms with Crippen LogP contribution in [0.2, 0.25) is 0 Å². The van der Waals surface area contributed by atoms with E-state index in [1.165, 1.54) is 0 Å². The molecule has 1 aliphatic heterocycles. The molecule has 1 saturated heterocycles. The van der Waals surface area contributed by atoms with Gasteiger partial charge in [0.2, 0.25) is 11.9 Å². The van der Waals surface area contributed by atoms with Crippen molar-refractivity contribution in [2.45, 2.75) is 64.5 Å². The van der Waals surface area contributed by atoms with Crippen LogP contribution in [-0.4, -0.2) is 89.0 Å². The highest BCUT2D eigenvalue weighted by Crippen LogP contribution is 2.36. The molecule has 1 aliphatic carbocycles. The summed E-state index contributed by atoms with van der Waals surface area (Å²) in [5.74, 6) is 0.868. The lowest BCUT2D eigenvalue weighted by Crippen LogP contribution is -2.13. The first kappa shape index (κ1) is 38.4. The zero-order valence-corrected chi connectivity index (χ0v) is 31.4. The summed E-state index contributed by atoms with van der Waals surface area (Å²) < 4.78 is 7.44. The Kier molecular flexibility index (Phi) is 12.7. The quantitative estimate of drug-likeness (QED) is 0.138. The van der Waals surface area contributed by atoms with Crippen molar-refractivity contribution >= 4 is 35.0 Å². The maximum absolute atomic E-state index is 11.9. The molecule has 18 nitrogen and oxygen atoms in total. The largest absolute Gasteiger partial charge is 0.481 e. The number of ketones is 1. The summed E-state index contributed by atoms with van der Waals surface area (Å²) in [4.78, 5) is 39.0. The molecule has 7 heterocycles. The van der Waals surface area contributed by atoms with Crippen LogP contribution in [0.3, 0.4) is 0 Å². The number of aliphatic carboxylic acids is 1. The summed E-state index contributed by atoms with van der Waals surface area (Å²) in [7, 11) is 3.73. The molecule has 18 heteroatoms. The number of Topliss-reactive ketones (excluding diaryl/α,β-unsaturated/α-hetero) is 1. The van der Waals surface area contributed by atoms with Gasteiger partial charge in [-0.25, -0.2) is 19.9 Å². The third kappa shape index (κ3) is 10.4. The fraction of sp³-hybridized carbons (Fsp3) is 0.405. The van der Waals surface area contributed by atoms with Crippen LogP contribution in [0.5, 0.6) is 0 Å². The second-order valence-corrected chi connectivity index (χ2v) is 13.4. The first-order valence-electron chi connectivity index (χ1n) is 18.4. The van der Waals surface area contributed by atoms with Crippen LogP contribution in [0, 0.1) is 5.92 Å². The van der Waals surface area contributed by atoms with E-state index in [-0.39, 0.29) is 18.4 Å². The molecule has 0 spiro atoms. The topological polar surface area (TPSA) is 213 Å². The smallest absolute Gasteiger partial charge is 0.303 e. The van der Waals surface area contributed by atoms with Crippen molar-refractivity contribution in [2.75, 3.05) is 23.7 Å². The Labute approximate surface area is 318 Å². The lowest BCUT2D eigenvalue weighted by molar-refractivity contribution is -0.136. The van der Waals surface area contributed by atoms with Crippen LogP contribution >= 0.6 is 0 Å². The van der Waals surface area contributed by atoms with E-state index in [2.05, 4.69) is 56.3 Å². The first-order chi connectivity index (χ1) is 26.7. The van der Waals surface area contributed by atoms with Crippen molar-refractivity contribution in [2.24, 2.45) is 20.0 Å². The van der Waals surface area contributed by atoms with Gasteiger partial charge in [-0.15, -0.1) is 0 Å². The highest BCUT2D eigenvalue weighted by molar-refractivity contribution is 5.81. The Morgan fingerprint density at radius 3 is 1.75 bits per heavy atom. The fourth-order valence-electron chi connectivity index (χ4n) is 6.37. The molecule has 3 unspecified atom stereocenters. The van der Waals surface area contributed by atoms with Gasteiger partial charge in [0.05, 0.1) is 59.6 Å². The Balaban J connectivity index is 0.000000168. The van der Waals surface area contributed by atoms with Crippen molar-refractivity contribution < 1.29 is 14.7 Å². The summed E-state index contributed by atoms with van der Waals surface area (Å²) in [5, 5.41) is 34.6. The Bertz CT molecular complexity index is 2160. The van der Waals surface area contributed by atoms with E-state index < -0.39 is 5.97 Å². The van der Waals surface area contributed by atoms with Gasteiger partial charge < -0.3 is 21.1 Å². The second kappa shape index (κ2) is 18.2. The summed E-state index contributed by atoms with van der Waals surface area (Å²) >= 11 is 0. The zero-order valence-electron chi connectivity index (χ0n) is 31.4. The maximum Gasteiger partial charge on any atom is 0.303 e. The second-order valence-electron chi connectivity index (χ2n) is 13.4. The zero-order chi connectivity index (χ0) is 38.7. The molecule has 0 radical (unpaired) electrons. The van der Waals surface area contributed by atoms with Gasteiger partial charge in [0.25, 0.3) is 0 Å². The Hall–Kier alpha value is -6.30. The lowest BCUT2D eigenvalue weighted by Gasteiger charge is -2.10. The molecule has 6 aromatic rings. The average Bonchev–Trinajstić information content (AvgIpc) is 4.04. The van der Waals surface area contributed by atoms with Crippen LogP contribution < -0.4 is 16.0 Å². The van der Waals surface area contributed by atoms with Gasteiger partial charge in [-0.2, -0.15) is 20.4 Å². The van der Waals surface area contributed by atoms with Gasteiger partial charge >= 0.3 is 5.97 Å². The van der Waals surface area contributed by atoms with Crippen LogP contribution in [-0.2, 0) is 23.7 Å². The van der Waals surface area contributed by atoms with E-state index in [1.54, 1.807) is 41.1 Å². The van der Waals surface area contributed by atoms with Gasteiger partial charge in [-0.3, -0.25) is 28.3 Å². The average molecular weight is 750 g/mol. The SMILES string of the molecule is CCC(=O)C1CCC(n2cc(-c3ccnc(Nc4cnn(C)c4)n3)cn2)C1.CCC(=O)O.Cn1cc(Nc2nccc(-c3cnn(C4CCNC4)c3)n2)cn1. The van der Waals surface area contributed by atoms with Gasteiger partial charge in [0.15, 0.2) is 0 Å². The van der Waals surface area contributed by atoms with Gasteiger partial charge in [-0.1, -0.05) is 13.8 Å². The third-order valence-corrected chi connectivity index (χ3v) is 9.32. The van der Waals surface area contributed by atoms with E-state index in [0.717, 1.165) is 72.7 Å². The number of hydrogen-bond acceptors (Lipinski definition) is 13. The summed E-state index contributed by atoms with van der Waals surface area (Å²) in [6.45, 7) is 5.56. The number of carbonyl (C=O) groups excluding carboxylic acids is 1. The van der Waals surface area contributed by atoms with Gasteiger partial charge in [0.1, 0.15) is 5.78 Å². The molecular weight excluding hydrogens is 703 g/mol. The van der Waals surface area contributed by atoms with Gasteiger partial charge in [-0.05, 0) is 44.4 Å². The molecule has 0 bridgehead atoms. The minimum Gasteiger partial charge on any atom is -0.481 e. The van der Waals surface area contributed by atoms with Crippen LogP contribution in [0.15, 0.2) is 74.1 Å². The fourth-order valence-corrected chi connectivity index (χ4v) is 6.37. The number of carbonyl (C=O) groups is 2. The van der Waals surface area contributed by atoms with E-state index in [0.29, 0.717) is 30.1 Å². The molecule has 4 N–H and O–H groups in total. The Morgan fingerprint density at radius 1 is 0.745 bits per heavy atom. The highest BCUT2D eigenvalue weighted by Gasteiger charge is 2.30. The molecule has 55 heavy (non-hydrogen) atoms. The third-order valence-electron chi connectivity index (χ3n) is 9.32. The van der Waals surface area contributed by atoms with Gasteiger partial charge in [0, 0.05) is 87.7 Å². The molecule has 1 saturated carbocycles. The first-order valence-corrected chi connectivity index (χ1v) is 18.4. The van der Waals surface area contributed by atoms with Crippen LogP contribution in [0.4, 0.5) is 23.3 Å². The molecule has 2 fully saturated rings. The number of hydrogen-bond donors (Lipinski definition) is 4. The van der Waals surface area contributed by atoms with Crippen molar-refractivity contribution in [1.29, 1.82) is 0 Å². The molecule has 0 aromatic carbocycles. The maximum atomic E-state index is 11.9. The monoisotopic (exact) mass is 749 g/mol. The standard InChI is InChI=1S/C19H23N7O.C15H18N8.C3H6O2/c1-3-18(27)13-4-5-16(8-13)26-11-14(9-22-26)17-6-7-20-19(24-17)23-15-10-21-25(2)12-15;1-22-10-12(7-18-22)20-15-17-5-3-14(21-15)11-6-19-23(9-11)13-2-4-16-8-13;1-2-3(4)5/h6-7,9-13,16H,3-5,8H2,1-2H3,(H,20,23,24);3,5-7,9-10,13,16H,2,4,8H2,1H3,(H,17,20,21);2H2,1H3,(H,4,5). The molecule has 0 amide bonds. The number of nitrogens with one attached hydrogen (secondary N) is 3. The predicted molar refractivity (Wildman–Crippen MR) is 206 cm³/mol. The van der Waals surface area contributed by atoms with Crippen LogP contribution in [0.25, 0.3) is 22.5 Å². The number of anilines is 4. The molecule has 3 atom stereocenters. The van der Waals surface area contributed by atoms with Crippen molar-refractivity contribution in [1.82, 2.24) is 64.4 Å². The Morgan fingerprint density at radius 2 is 1.29 bits per heavy atom. The number of aromatic nitrogens is 12. The predicted octanol–water partition coefficient (Wildman–Crippen LogP) is 4.97. The van der Waals surface area contributed by atoms with E-state index in [1.807, 2.05) is 79.7 Å². The normalized spacial score (nSPS) is 17.5. The minimum absolute atomic E-state index is 0.182. The summed E-state index contributed by atoms with van der Waals surface area (Å²) in [6, 6.07) is 4.48. The number of carboxylic acids is 1. The molecule has 6 aromatic heterocycles. The number of aryl methyl sites for hydroxylation is 2. The van der Waals surface area contributed by atoms with E-state index in [9.17, 15) is 9.59 Å². The molecule has 8 rings (SSSR count). The number of carboxylic acid groups (broad SMARTS) is 1. The van der Waals surface area contributed by atoms with Crippen molar-refractivity contribution in [3.8, 4) is 22.5 Å². The van der Waals surface area contributed by atoms with Crippen LogP contribution in [0.1, 0.15) is 64.5 Å². The molecular formula is C37H47N15O3. The van der Waals surface area contributed by atoms with E-state index in [4.69, 9.17) is 5.11 Å². The highest BCUT2D eigenvalue weighted by atomic mass is 16.4. The van der Waals surface area contributed by atoms with Crippen molar-refractivity contribution in [3.63, 3.8) is 0 Å². The molecule has 2 aliphatic rings. The summed E-state index contributed by atoms with van der Waals surface area (Å²) in [5.41, 5.74) is 5.29. The van der Waals surface area contributed by atoms with Crippen molar-refractivity contribution in [3.05, 3.63) is 74.1 Å². The lowest BCUT2D eigenvalue weighted by atomic mass is 10.0. The number of rotatable bonds is 11.